The molecule has 0 aliphatic carbocycles. The van der Waals surface area contributed by atoms with Gasteiger partial charge in [0.1, 0.15) is 6.04 Å². The zero-order valence-electron chi connectivity index (χ0n) is 12.7. The molecule has 1 aliphatic rings. The minimum atomic E-state index is -0.939. The van der Waals surface area contributed by atoms with Crippen LogP contribution in [0.5, 0.6) is 0 Å². The molecule has 0 spiro atoms. The number of para-hydroxylation sites is 1. The highest BCUT2D eigenvalue weighted by Gasteiger charge is 2.33. The number of benzene rings is 1. The Morgan fingerprint density at radius 2 is 2.00 bits per heavy atom. The lowest BCUT2D eigenvalue weighted by molar-refractivity contribution is -0.148. The number of nitrogens with zero attached hydrogens (tertiary/aromatic N) is 1. The summed E-state index contributed by atoms with van der Waals surface area (Å²) in [6.07, 6.45) is 1.51. The largest absolute Gasteiger partial charge is 0.480 e. The Kier molecular flexibility index (Phi) is 6.46. The smallest absolute Gasteiger partial charge is 0.326 e. The first-order valence-corrected chi connectivity index (χ1v) is 8.68. The summed E-state index contributed by atoms with van der Waals surface area (Å²) in [5, 5.41) is 11.8. The average molecular weight is 336 g/mol. The maximum Gasteiger partial charge on any atom is 0.326 e. The molecule has 0 radical (unpaired) electrons. The summed E-state index contributed by atoms with van der Waals surface area (Å²) >= 11 is 1.37. The van der Waals surface area contributed by atoms with E-state index in [1.54, 1.807) is 0 Å². The van der Waals surface area contributed by atoms with Crippen molar-refractivity contribution in [3.8, 4) is 0 Å². The molecule has 1 aromatic rings. The lowest BCUT2D eigenvalue weighted by Crippen LogP contribution is -2.40. The van der Waals surface area contributed by atoms with Gasteiger partial charge in [-0.1, -0.05) is 18.2 Å². The minimum absolute atomic E-state index is 0.113. The van der Waals surface area contributed by atoms with Crippen molar-refractivity contribution in [1.29, 1.82) is 0 Å². The van der Waals surface area contributed by atoms with Crippen LogP contribution in [0.1, 0.15) is 19.3 Å². The highest BCUT2D eigenvalue weighted by Crippen LogP contribution is 2.19. The normalized spacial score (nSPS) is 17.0. The maximum absolute atomic E-state index is 12.0. The van der Waals surface area contributed by atoms with Crippen LogP contribution in [0.25, 0.3) is 0 Å². The van der Waals surface area contributed by atoms with E-state index in [-0.39, 0.29) is 24.0 Å². The van der Waals surface area contributed by atoms with Gasteiger partial charge in [0.15, 0.2) is 0 Å². The van der Waals surface area contributed by atoms with Gasteiger partial charge >= 0.3 is 5.97 Å². The highest BCUT2D eigenvalue weighted by molar-refractivity contribution is 7.99. The molecule has 2 N–H and O–H groups in total. The third-order valence-electron chi connectivity index (χ3n) is 3.61. The third-order valence-corrected chi connectivity index (χ3v) is 4.57. The van der Waals surface area contributed by atoms with Crippen molar-refractivity contribution in [2.45, 2.75) is 25.3 Å². The summed E-state index contributed by atoms with van der Waals surface area (Å²) in [7, 11) is 0. The molecule has 1 heterocycles. The predicted molar refractivity (Wildman–Crippen MR) is 89.4 cm³/mol. The monoisotopic (exact) mass is 336 g/mol. The number of hydrogen-bond donors (Lipinski definition) is 2. The Hall–Kier alpha value is -2.02. The molecule has 7 heteroatoms. The number of aliphatic carboxylic acids is 1. The van der Waals surface area contributed by atoms with Gasteiger partial charge in [-0.25, -0.2) is 4.79 Å². The van der Waals surface area contributed by atoms with Gasteiger partial charge in [-0.2, -0.15) is 11.8 Å². The molecule has 0 saturated carbocycles. The number of carbonyl (C=O) groups is 3. The van der Waals surface area contributed by atoms with Gasteiger partial charge in [0.05, 0.1) is 5.75 Å². The van der Waals surface area contributed by atoms with Crippen molar-refractivity contribution < 1.29 is 19.5 Å². The van der Waals surface area contributed by atoms with Crippen LogP contribution in [-0.4, -0.2) is 51.9 Å². The van der Waals surface area contributed by atoms with E-state index in [1.165, 1.54) is 16.7 Å². The van der Waals surface area contributed by atoms with E-state index in [0.717, 1.165) is 12.1 Å². The Balaban J connectivity index is 1.66. The molecule has 1 aliphatic heterocycles. The van der Waals surface area contributed by atoms with Gasteiger partial charge < -0.3 is 15.3 Å². The van der Waals surface area contributed by atoms with Crippen molar-refractivity contribution in [1.82, 2.24) is 4.90 Å². The second-order valence-electron chi connectivity index (χ2n) is 5.30. The number of anilines is 1. The van der Waals surface area contributed by atoms with Crippen LogP contribution in [-0.2, 0) is 14.4 Å². The predicted octanol–water partition coefficient (Wildman–Crippen LogP) is 1.82. The second kappa shape index (κ2) is 8.57. The van der Waals surface area contributed by atoms with E-state index in [9.17, 15) is 14.4 Å². The number of carbonyl (C=O) groups excluding carboxylic acids is 2. The number of rotatable bonds is 7. The fraction of sp³-hybridized carbons (Fsp3) is 0.438. The number of nitrogens with one attached hydrogen (secondary N) is 1. The first kappa shape index (κ1) is 17.3. The molecular weight excluding hydrogens is 316 g/mol. The van der Waals surface area contributed by atoms with Crippen molar-refractivity contribution in [2.24, 2.45) is 0 Å². The SMILES string of the molecule is O=C(CSCCC(=O)N1CCCC1C(=O)O)Nc1ccccc1. The summed E-state index contributed by atoms with van der Waals surface area (Å²) < 4.78 is 0. The topological polar surface area (TPSA) is 86.7 Å². The van der Waals surface area contributed by atoms with Crippen molar-refractivity contribution >= 4 is 35.2 Å². The Labute approximate surface area is 139 Å². The van der Waals surface area contributed by atoms with Gasteiger partial charge in [-0.15, -0.1) is 0 Å². The van der Waals surface area contributed by atoms with E-state index in [2.05, 4.69) is 5.32 Å². The van der Waals surface area contributed by atoms with Crippen molar-refractivity contribution in [3.05, 3.63) is 30.3 Å². The number of thioether (sulfide) groups is 1. The fourth-order valence-electron chi connectivity index (χ4n) is 2.51. The summed E-state index contributed by atoms with van der Waals surface area (Å²) in [4.78, 5) is 36.3. The van der Waals surface area contributed by atoms with Crippen molar-refractivity contribution in [2.75, 3.05) is 23.4 Å². The van der Waals surface area contributed by atoms with Crippen LogP contribution < -0.4 is 5.32 Å². The van der Waals surface area contributed by atoms with E-state index in [4.69, 9.17) is 5.11 Å². The molecule has 1 saturated heterocycles. The highest BCUT2D eigenvalue weighted by atomic mass is 32.2. The van der Waals surface area contributed by atoms with E-state index < -0.39 is 12.0 Å². The van der Waals surface area contributed by atoms with E-state index in [1.807, 2.05) is 30.3 Å². The first-order chi connectivity index (χ1) is 11.1. The Morgan fingerprint density at radius 3 is 2.70 bits per heavy atom. The number of carboxylic acids is 1. The standard InChI is InChI=1S/C16H20N2O4S/c19-14(17-12-5-2-1-3-6-12)11-23-10-8-15(20)18-9-4-7-13(18)16(21)22/h1-3,5-6,13H,4,7-11H2,(H,17,19)(H,21,22). The van der Waals surface area contributed by atoms with Crippen LogP contribution in [0.4, 0.5) is 5.69 Å². The number of amides is 2. The van der Waals surface area contributed by atoms with Crippen molar-refractivity contribution in [3.63, 3.8) is 0 Å². The molecule has 6 nitrogen and oxygen atoms in total. The quantitative estimate of drug-likeness (QED) is 0.742. The third kappa shape index (κ3) is 5.28. The molecule has 1 atom stereocenters. The average Bonchev–Trinajstić information content (AvgIpc) is 3.02. The number of hydrogen-bond acceptors (Lipinski definition) is 4. The molecule has 1 fully saturated rings. The fourth-order valence-corrected chi connectivity index (χ4v) is 3.23. The van der Waals surface area contributed by atoms with E-state index in [0.29, 0.717) is 18.7 Å². The van der Waals surface area contributed by atoms with Crippen LogP contribution in [0.15, 0.2) is 30.3 Å². The molecule has 0 bridgehead atoms. The molecule has 124 valence electrons. The summed E-state index contributed by atoms with van der Waals surface area (Å²) in [5.41, 5.74) is 0.746. The first-order valence-electron chi connectivity index (χ1n) is 7.53. The summed E-state index contributed by atoms with van der Waals surface area (Å²) in [5.74, 6) is -0.427. The molecule has 23 heavy (non-hydrogen) atoms. The summed E-state index contributed by atoms with van der Waals surface area (Å²) in [6, 6.07) is 8.50. The number of carboxylic acid groups (broad SMARTS) is 1. The Morgan fingerprint density at radius 1 is 1.26 bits per heavy atom. The van der Waals surface area contributed by atoms with Gasteiger partial charge in [0.25, 0.3) is 0 Å². The molecule has 1 unspecified atom stereocenters. The molecule has 1 aromatic carbocycles. The van der Waals surface area contributed by atoms with Crippen LogP contribution in [0.3, 0.4) is 0 Å². The molecule has 0 aromatic heterocycles. The van der Waals surface area contributed by atoms with E-state index >= 15 is 0 Å². The second-order valence-corrected chi connectivity index (χ2v) is 6.41. The Bertz CT molecular complexity index is 564. The zero-order chi connectivity index (χ0) is 16.7. The van der Waals surface area contributed by atoms with Crippen LogP contribution in [0.2, 0.25) is 0 Å². The van der Waals surface area contributed by atoms with Gasteiger partial charge in [0.2, 0.25) is 11.8 Å². The lowest BCUT2D eigenvalue weighted by atomic mass is 10.2. The van der Waals surface area contributed by atoms with Crippen LogP contribution >= 0.6 is 11.8 Å². The zero-order valence-corrected chi connectivity index (χ0v) is 13.6. The maximum atomic E-state index is 12.0. The van der Waals surface area contributed by atoms with Crippen LogP contribution in [0, 0.1) is 0 Å². The number of likely N-dealkylation sites (tertiary alicyclic amines) is 1. The molecular formula is C16H20N2O4S. The lowest BCUT2D eigenvalue weighted by Gasteiger charge is -2.21. The van der Waals surface area contributed by atoms with Gasteiger partial charge in [-0.05, 0) is 25.0 Å². The van der Waals surface area contributed by atoms with Gasteiger partial charge in [0, 0.05) is 24.4 Å². The molecule has 2 rings (SSSR count). The molecule has 2 amide bonds. The minimum Gasteiger partial charge on any atom is -0.480 e. The summed E-state index contributed by atoms with van der Waals surface area (Å²) in [6.45, 7) is 0.509. The van der Waals surface area contributed by atoms with Gasteiger partial charge in [-0.3, -0.25) is 9.59 Å².